The van der Waals surface area contributed by atoms with Gasteiger partial charge in [0, 0.05) is 0 Å². The van der Waals surface area contributed by atoms with E-state index in [-0.39, 0.29) is 7.43 Å². The van der Waals surface area contributed by atoms with Gasteiger partial charge in [-0.15, -0.1) is 0 Å². The van der Waals surface area contributed by atoms with E-state index >= 15 is 0 Å². The van der Waals surface area contributed by atoms with Crippen LogP contribution in [0.1, 0.15) is 60.3 Å². The van der Waals surface area contributed by atoms with Crippen molar-refractivity contribution in [2.24, 2.45) is 11.3 Å². The maximum atomic E-state index is 2.40. The van der Waals surface area contributed by atoms with Crippen molar-refractivity contribution in [1.82, 2.24) is 0 Å². The summed E-state index contributed by atoms with van der Waals surface area (Å²) in [6.07, 6.45) is 7.25. The first-order chi connectivity index (χ1) is 4.64. The SMILES string of the molecule is C.CCC1CCC(C)(C)CC1. The van der Waals surface area contributed by atoms with Crippen molar-refractivity contribution >= 4 is 0 Å². The maximum absolute atomic E-state index is 2.40. The Morgan fingerprint density at radius 2 is 1.64 bits per heavy atom. The molecule has 0 aromatic heterocycles. The van der Waals surface area contributed by atoms with Crippen LogP contribution in [0.5, 0.6) is 0 Å². The van der Waals surface area contributed by atoms with Crippen LogP contribution in [-0.4, -0.2) is 0 Å². The highest BCUT2D eigenvalue weighted by molar-refractivity contribution is 4.77. The summed E-state index contributed by atoms with van der Waals surface area (Å²) in [5, 5.41) is 0. The minimum atomic E-state index is 0. The first-order valence-electron chi connectivity index (χ1n) is 4.64. The smallest absolute Gasteiger partial charge is 0.0354 e. The highest BCUT2D eigenvalue weighted by Gasteiger charge is 2.25. The normalized spacial score (nSPS) is 24.3. The molecule has 1 saturated carbocycles. The highest BCUT2D eigenvalue weighted by atomic mass is 14.3. The minimum Gasteiger partial charge on any atom is -0.0776 e. The van der Waals surface area contributed by atoms with E-state index in [0.717, 1.165) is 5.92 Å². The summed E-state index contributed by atoms with van der Waals surface area (Å²) in [7, 11) is 0. The average molecular weight is 156 g/mol. The Morgan fingerprint density at radius 1 is 1.18 bits per heavy atom. The molecule has 0 N–H and O–H groups in total. The Morgan fingerprint density at radius 3 is 2.00 bits per heavy atom. The predicted octanol–water partition coefficient (Wildman–Crippen LogP) is 4.25. The van der Waals surface area contributed by atoms with Crippen LogP contribution in [0.4, 0.5) is 0 Å². The summed E-state index contributed by atoms with van der Waals surface area (Å²) in [5.74, 6) is 1.05. The van der Waals surface area contributed by atoms with E-state index in [2.05, 4.69) is 20.8 Å². The van der Waals surface area contributed by atoms with Crippen LogP contribution in [0.3, 0.4) is 0 Å². The van der Waals surface area contributed by atoms with Gasteiger partial charge in [0.05, 0.1) is 0 Å². The average Bonchev–Trinajstić information content (AvgIpc) is 1.88. The third-order valence-electron chi connectivity index (χ3n) is 3.04. The van der Waals surface area contributed by atoms with Gasteiger partial charge in [-0.2, -0.15) is 0 Å². The van der Waals surface area contributed by atoms with Gasteiger partial charge in [0.25, 0.3) is 0 Å². The molecule has 0 heteroatoms. The van der Waals surface area contributed by atoms with Gasteiger partial charge in [0.2, 0.25) is 0 Å². The molecule has 1 rings (SSSR count). The second-order valence-electron chi connectivity index (χ2n) is 4.52. The molecular weight excluding hydrogens is 132 g/mol. The zero-order valence-electron chi connectivity index (χ0n) is 7.61. The molecule has 0 atom stereocenters. The van der Waals surface area contributed by atoms with E-state index in [4.69, 9.17) is 0 Å². The van der Waals surface area contributed by atoms with Crippen molar-refractivity contribution < 1.29 is 0 Å². The molecular formula is C11H24. The Balaban J connectivity index is 0.000001000. The van der Waals surface area contributed by atoms with Crippen molar-refractivity contribution in [2.45, 2.75) is 60.3 Å². The van der Waals surface area contributed by atoms with Gasteiger partial charge >= 0.3 is 0 Å². The molecule has 0 nitrogen and oxygen atoms in total. The summed E-state index contributed by atoms with van der Waals surface area (Å²) < 4.78 is 0. The standard InChI is InChI=1S/C10H20.CH4/c1-4-9-5-7-10(2,3)8-6-9;/h9H,4-8H2,1-3H3;1H4. The van der Waals surface area contributed by atoms with Crippen LogP contribution < -0.4 is 0 Å². The van der Waals surface area contributed by atoms with E-state index in [9.17, 15) is 0 Å². The zero-order chi connectivity index (χ0) is 7.61. The third kappa shape index (κ3) is 3.27. The lowest BCUT2D eigenvalue weighted by Gasteiger charge is -2.33. The lowest BCUT2D eigenvalue weighted by molar-refractivity contribution is 0.188. The molecule has 0 aliphatic heterocycles. The molecule has 0 aromatic rings. The van der Waals surface area contributed by atoms with Gasteiger partial charge < -0.3 is 0 Å². The molecule has 0 heterocycles. The largest absolute Gasteiger partial charge is 0.0776 e. The topological polar surface area (TPSA) is 0 Å². The number of rotatable bonds is 1. The Labute approximate surface area is 72.4 Å². The van der Waals surface area contributed by atoms with Crippen LogP contribution in [0.25, 0.3) is 0 Å². The van der Waals surface area contributed by atoms with Crippen molar-refractivity contribution in [3.8, 4) is 0 Å². The van der Waals surface area contributed by atoms with Crippen LogP contribution in [-0.2, 0) is 0 Å². The number of hydrogen-bond donors (Lipinski definition) is 0. The summed E-state index contributed by atoms with van der Waals surface area (Å²) in [4.78, 5) is 0. The third-order valence-corrected chi connectivity index (χ3v) is 3.04. The first-order valence-corrected chi connectivity index (χ1v) is 4.64. The lowest BCUT2D eigenvalue weighted by atomic mass is 9.72. The van der Waals surface area contributed by atoms with Gasteiger partial charge in [0.15, 0.2) is 0 Å². The molecule has 0 bridgehead atoms. The first kappa shape index (κ1) is 11.0. The van der Waals surface area contributed by atoms with Crippen LogP contribution >= 0.6 is 0 Å². The molecule has 0 radical (unpaired) electrons. The maximum Gasteiger partial charge on any atom is -0.0354 e. The molecule has 11 heavy (non-hydrogen) atoms. The monoisotopic (exact) mass is 156 g/mol. The van der Waals surface area contributed by atoms with E-state index < -0.39 is 0 Å². The molecule has 0 spiro atoms. The van der Waals surface area contributed by atoms with Crippen LogP contribution in [0, 0.1) is 11.3 Å². The van der Waals surface area contributed by atoms with Crippen molar-refractivity contribution in [2.75, 3.05) is 0 Å². The zero-order valence-corrected chi connectivity index (χ0v) is 7.61. The molecule has 1 fully saturated rings. The predicted molar refractivity (Wildman–Crippen MR) is 52.8 cm³/mol. The fourth-order valence-electron chi connectivity index (χ4n) is 1.87. The second kappa shape index (κ2) is 4.13. The van der Waals surface area contributed by atoms with Gasteiger partial charge in [-0.3, -0.25) is 0 Å². The minimum absolute atomic E-state index is 0. The Hall–Kier alpha value is 0. The molecule has 1 aliphatic rings. The lowest BCUT2D eigenvalue weighted by Crippen LogP contribution is -2.20. The summed E-state index contributed by atoms with van der Waals surface area (Å²) >= 11 is 0. The summed E-state index contributed by atoms with van der Waals surface area (Å²) in [6, 6.07) is 0. The van der Waals surface area contributed by atoms with Crippen molar-refractivity contribution in [3.63, 3.8) is 0 Å². The van der Waals surface area contributed by atoms with Crippen molar-refractivity contribution in [3.05, 3.63) is 0 Å². The molecule has 0 saturated heterocycles. The van der Waals surface area contributed by atoms with Gasteiger partial charge in [-0.25, -0.2) is 0 Å². The highest BCUT2D eigenvalue weighted by Crippen LogP contribution is 2.38. The molecule has 0 amide bonds. The molecule has 0 aromatic carbocycles. The fourth-order valence-corrected chi connectivity index (χ4v) is 1.87. The van der Waals surface area contributed by atoms with Gasteiger partial charge in [0.1, 0.15) is 0 Å². The van der Waals surface area contributed by atoms with E-state index in [0.29, 0.717) is 5.41 Å². The molecule has 68 valence electrons. The summed E-state index contributed by atoms with van der Waals surface area (Å²) in [6.45, 7) is 7.13. The number of hydrogen-bond acceptors (Lipinski definition) is 0. The van der Waals surface area contributed by atoms with Crippen LogP contribution in [0.15, 0.2) is 0 Å². The second-order valence-corrected chi connectivity index (χ2v) is 4.52. The molecule has 1 aliphatic carbocycles. The van der Waals surface area contributed by atoms with Crippen molar-refractivity contribution in [1.29, 1.82) is 0 Å². The van der Waals surface area contributed by atoms with E-state index in [1.165, 1.54) is 32.1 Å². The Kier molecular flexibility index (Phi) is 4.13. The van der Waals surface area contributed by atoms with Gasteiger partial charge in [-0.05, 0) is 37.0 Å². The fraction of sp³-hybridized carbons (Fsp3) is 1.00. The van der Waals surface area contributed by atoms with Crippen LogP contribution in [0.2, 0.25) is 0 Å². The summed E-state index contributed by atoms with van der Waals surface area (Å²) in [5.41, 5.74) is 0.658. The van der Waals surface area contributed by atoms with Gasteiger partial charge in [-0.1, -0.05) is 34.6 Å². The Bertz CT molecular complexity index is 92.6. The molecule has 0 unspecified atom stereocenters. The van der Waals surface area contributed by atoms with E-state index in [1.807, 2.05) is 0 Å². The van der Waals surface area contributed by atoms with E-state index in [1.54, 1.807) is 0 Å². The quantitative estimate of drug-likeness (QED) is 0.532.